The largest absolute Gasteiger partial charge is 0.331 e. The van der Waals surface area contributed by atoms with E-state index < -0.39 is 0 Å². The maximum Gasteiger partial charge on any atom is 0.272 e. The molecule has 1 amide bonds. The minimum atomic E-state index is -0.322. The summed E-state index contributed by atoms with van der Waals surface area (Å²) in [4.78, 5) is 27.5. The average Bonchev–Trinajstić information content (AvgIpc) is 3.19. The number of carbonyl (C=O) groups excluding carboxylic acids is 1. The zero-order valence-corrected chi connectivity index (χ0v) is 20.2. The summed E-state index contributed by atoms with van der Waals surface area (Å²) in [6.07, 6.45) is 1.47. The highest BCUT2D eigenvalue weighted by atomic mass is 35.5. The third-order valence-electron chi connectivity index (χ3n) is 4.80. The first-order valence-electron chi connectivity index (χ1n) is 9.48. The summed E-state index contributed by atoms with van der Waals surface area (Å²) in [6, 6.07) is 16.0. The molecule has 1 aromatic heterocycles. The fourth-order valence-corrected chi connectivity index (χ4v) is 4.94. The molecule has 2 aromatic carbocycles. The molecule has 0 saturated carbocycles. The van der Waals surface area contributed by atoms with E-state index >= 15 is 0 Å². The lowest BCUT2D eigenvalue weighted by Crippen LogP contribution is -2.30. The second-order valence-electron chi connectivity index (χ2n) is 7.00. The van der Waals surface area contributed by atoms with Crippen LogP contribution in [0.4, 0.5) is 11.4 Å². The fourth-order valence-electron chi connectivity index (χ4n) is 3.22. The minimum absolute atomic E-state index is 0.309. The van der Waals surface area contributed by atoms with Crippen molar-refractivity contribution in [3.63, 3.8) is 0 Å². The molecule has 1 saturated heterocycles. The summed E-state index contributed by atoms with van der Waals surface area (Å²) in [6.45, 7) is 3.74. The molecule has 1 aliphatic rings. The lowest BCUT2D eigenvalue weighted by atomic mass is 10.2. The molecule has 0 spiro atoms. The van der Waals surface area contributed by atoms with Crippen molar-refractivity contribution in [2.24, 2.45) is 0 Å². The lowest BCUT2D eigenvalue weighted by Gasteiger charge is -2.16. The van der Waals surface area contributed by atoms with Crippen molar-refractivity contribution in [3.05, 3.63) is 86.1 Å². The molecule has 6 nitrogen and oxygen atoms in total. The highest BCUT2D eigenvalue weighted by molar-refractivity contribution is 8.27. The first-order chi connectivity index (χ1) is 15.3. The average molecular weight is 501 g/mol. The Kier molecular flexibility index (Phi) is 6.34. The van der Waals surface area contributed by atoms with E-state index in [-0.39, 0.29) is 11.5 Å². The number of hydrogen-bond donors (Lipinski definition) is 1. The standard InChI is InChI=1S/C22H17ClN4O2S3/c1-13-5-3-4-6-17(13)24-21(30)27-14(2)11-19(28)25(27)12-18-20(29)26(22(31)32-18)16-9-7-15(23)8-10-16/h3-12H,1-2H3,(H,24,30)/b18-12-. The zero-order chi connectivity index (χ0) is 23.0. The Morgan fingerprint density at radius 1 is 1.09 bits per heavy atom. The van der Waals surface area contributed by atoms with Gasteiger partial charge >= 0.3 is 0 Å². The van der Waals surface area contributed by atoms with Crippen molar-refractivity contribution in [2.45, 2.75) is 13.8 Å². The molecule has 3 aromatic rings. The van der Waals surface area contributed by atoms with E-state index in [0.29, 0.717) is 30.7 Å². The molecule has 4 rings (SSSR count). The van der Waals surface area contributed by atoms with Gasteiger partial charge in [0.25, 0.3) is 11.5 Å². The van der Waals surface area contributed by atoms with E-state index in [1.165, 1.54) is 21.8 Å². The molecule has 32 heavy (non-hydrogen) atoms. The summed E-state index contributed by atoms with van der Waals surface area (Å²) in [7, 11) is 0. The van der Waals surface area contributed by atoms with Crippen molar-refractivity contribution in [2.75, 3.05) is 10.2 Å². The van der Waals surface area contributed by atoms with Crippen LogP contribution in [0.3, 0.4) is 0 Å². The molecule has 0 radical (unpaired) electrons. The number of thioether (sulfide) groups is 1. The van der Waals surface area contributed by atoms with E-state index in [1.54, 1.807) is 35.9 Å². The lowest BCUT2D eigenvalue weighted by molar-refractivity contribution is -0.113. The number of para-hydroxylation sites is 1. The maximum atomic E-state index is 13.1. The van der Waals surface area contributed by atoms with E-state index in [1.807, 2.05) is 31.2 Å². The van der Waals surface area contributed by atoms with Crippen LogP contribution in [0.15, 0.2) is 64.3 Å². The topological polar surface area (TPSA) is 59.3 Å². The van der Waals surface area contributed by atoms with Crippen LogP contribution in [0.2, 0.25) is 5.02 Å². The number of anilines is 2. The second-order valence-corrected chi connectivity index (χ2v) is 9.50. The first-order valence-corrected chi connectivity index (χ1v) is 11.5. The van der Waals surface area contributed by atoms with Gasteiger partial charge in [-0.25, -0.2) is 9.36 Å². The molecule has 2 heterocycles. The number of nitrogens with one attached hydrogen (secondary N) is 1. The van der Waals surface area contributed by atoms with Gasteiger partial charge < -0.3 is 5.32 Å². The third kappa shape index (κ3) is 4.29. The second kappa shape index (κ2) is 9.03. The third-order valence-corrected chi connectivity index (χ3v) is 6.62. The zero-order valence-electron chi connectivity index (χ0n) is 17.0. The Balaban J connectivity index is 1.69. The SMILES string of the molecule is Cc1ccccc1NC(=S)n1c(C)cc(=O)n1/C=C1\SC(=S)N(c2ccc(Cl)cc2)C1=O. The van der Waals surface area contributed by atoms with Gasteiger partial charge in [-0.15, -0.1) is 0 Å². The van der Waals surface area contributed by atoms with Crippen molar-refractivity contribution in [3.8, 4) is 0 Å². The molecule has 0 atom stereocenters. The predicted octanol–water partition coefficient (Wildman–Crippen LogP) is 5.03. The Hall–Kier alpha value is -2.72. The van der Waals surface area contributed by atoms with Gasteiger partial charge in [-0.2, -0.15) is 0 Å². The van der Waals surface area contributed by atoms with Crippen LogP contribution >= 0.6 is 47.8 Å². The number of thiocarbonyl (C=S) groups is 2. The van der Waals surface area contributed by atoms with Crippen molar-refractivity contribution >= 4 is 80.7 Å². The molecule has 10 heteroatoms. The van der Waals surface area contributed by atoms with E-state index in [9.17, 15) is 9.59 Å². The highest BCUT2D eigenvalue weighted by Gasteiger charge is 2.34. The number of aromatic nitrogens is 2. The Morgan fingerprint density at radius 2 is 1.78 bits per heavy atom. The van der Waals surface area contributed by atoms with Gasteiger partial charge in [0.2, 0.25) is 0 Å². The van der Waals surface area contributed by atoms with Crippen LogP contribution in [0.25, 0.3) is 6.20 Å². The van der Waals surface area contributed by atoms with Crippen LogP contribution in [0.5, 0.6) is 0 Å². The van der Waals surface area contributed by atoms with Crippen LogP contribution in [0.1, 0.15) is 11.3 Å². The molecule has 0 bridgehead atoms. The number of carbonyl (C=O) groups is 1. The van der Waals surface area contributed by atoms with Gasteiger partial charge in [-0.05, 0) is 62.0 Å². The fraction of sp³-hybridized carbons (Fsp3) is 0.0909. The Morgan fingerprint density at radius 3 is 2.47 bits per heavy atom. The number of benzene rings is 2. The van der Waals surface area contributed by atoms with E-state index in [0.717, 1.165) is 23.0 Å². The normalized spacial score (nSPS) is 15.0. The van der Waals surface area contributed by atoms with Crippen molar-refractivity contribution < 1.29 is 4.79 Å². The van der Waals surface area contributed by atoms with Crippen LogP contribution in [-0.4, -0.2) is 24.7 Å². The minimum Gasteiger partial charge on any atom is -0.331 e. The van der Waals surface area contributed by atoms with Crippen LogP contribution < -0.4 is 15.8 Å². The highest BCUT2D eigenvalue weighted by Crippen LogP contribution is 2.35. The molecule has 0 aliphatic carbocycles. The molecule has 162 valence electrons. The van der Waals surface area contributed by atoms with Gasteiger partial charge in [0.05, 0.1) is 16.8 Å². The maximum absolute atomic E-state index is 13.1. The number of nitrogens with zero attached hydrogens (tertiary/aromatic N) is 3. The Bertz CT molecular complexity index is 1340. The van der Waals surface area contributed by atoms with Gasteiger partial charge in [0, 0.05) is 22.5 Å². The molecular weight excluding hydrogens is 484 g/mol. The van der Waals surface area contributed by atoms with E-state index in [4.69, 9.17) is 36.0 Å². The number of amides is 1. The van der Waals surface area contributed by atoms with E-state index in [2.05, 4.69) is 5.32 Å². The van der Waals surface area contributed by atoms with Gasteiger partial charge in [0.15, 0.2) is 9.43 Å². The quantitative estimate of drug-likeness (QED) is 0.402. The summed E-state index contributed by atoms with van der Waals surface area (Å²) < 4.78 is 3.24. The van der Waals surface area contributed by atoms with Crippen molar-refractivity contribution in [1.29, 1.82) is 0 Å². The summed E-state index contributed by atoms with van der Waals surface area (Å²) in [5.74, 6) is -0.322. The number of halogens is 1. The van der Waals surface area contributed by atoms with Crippen molar-refractivity contribution in [1.82, 2.24) is 9.36 Å². The van der Waals surface area contributed by atoms with Crippen LogP contribution in [-0.2, 0) is 4.79 Å². The van der Waals surface area contributed by atoms with Gasteiger partial charge in [-0.1, -0.05) is 53.8 Å². The molecule has 1 fully saturated rings. The molecular formula is C22H17ClN4O2S3. The first kappa shape index (κ1) is 22.5. The summed E-state index contributed by atoms with van der Waals surface area (Å²) in [5, 5.41) is 4.04. The summed E-state index contributed by atoms with van der Waals surface area (Å²) >= 11 is 18.1. The van der Waals surface area contributed by atoms with Gasteiger partial charge in [-0.3, -0.25) is 14.5 Å². The number of hydrogen-bond acceptors (Lipinski definition) is 5. The smallest absolute Gasteiger partial charge is 0.272 e. The molecule has 0 unspecified atom stereocenters. The predicted molar refractivity (Wildman–Crippen MR) is 140 cm³/mol. The molecule has 1 N–H and O–H groups in total. The monoisotopic (exact) mass is 500 g/mol. The number of rotatable bonds is 3. The molecule has 1 aliphatic heterocycles. The Labute approximate surface area is 204 Å². The number of aryl methyl sites for hydroxylation is 2. The van der Waals surface area contributed by atoms with Crippen LogP contribution in [0, 0.1) is 13.8 Å². The summed E-state index contributed by atoms with van der Waals surface area (Å²) in [5.41, 5.74) is 2.77. The van der Waals surface area contributed by atoms with Gasteiger partial charge in [0.1, 0.15) is 0 Å².